The van der Waals surface area contributed by atoms with E-state index in [-0.39, 0.29) is 0 Å². The van der Waals surface area contributed by atoms with Gasteiger partial charge in [-0.1, -0.05) is 37.0 Å². The number of nitrogens with one attached hydrogen (secondary N) is 1. The van der Waals surface area contributed by atoms with Crippen LogP contribution in [-0.4, -0.2) is 22.0 Å². The minimum Gasteiger partial charge on any atom is -0.207 e. The van der Waals surface area contributed by atoms with Gasteiger partial charge in [-0.15, -0.1) is 0 Å². The van der Waals surface area contributed by atoms with E-state index in [9.17, 15) is 8.42 Å². The lowest BCUT2D eigenvalue weighted by Gasteiger charge is -2.21. The van der Waals surface area contributed by atoms with Crippen molar-refractivity contribution in [2.24, 2.45) is 0 Å². The van der Waals surface area contributed by atoms with Crippen molar-refractivity contribution in [2.75, 3.05) is 0 Å². The second-order valence-corrected chi connectivity index (χ2v) is 13.4. The van der Waals surface area contributed by atoms with E-state index in [1.807, 2.05) is 32.9 Å². The van der Waals surface area contributed by atoms with E-state index >= 15 is 0 Å². The Balaban J connectivity index is 3.06. The molecular weight excluding hydrogens is 262 g/mol. The van der Waals surface area contributed by atoms with Crippen molar-refractivity contribution in [3.05, 3.63) is 24.3 Å². The molecule has 0 saturated carbocycles. The molecule has 1 rings (SSSR count). The van der Waals surface area contributed by atoms with Gasteiger partial charge in [-0.25, -0.2) is 13.1 Å². The van der Waals surface area contributed by atoms with Gasteiger partial charge in [-0.2, -0.15) is 0 Å². The summed E-state index contributed by atoms with van der Waals surface area (Å²) in [4.78, 5) is 0.333. The molecule has 1 aromatic carbocycles. The smallest absolute Gasteiger partial charge is 0.207 e. The lowest BCUT2D eigenvalue weighted by molar-refractivity contribution is 0.491. The van der Waals surface area contributed by atoms with E-state index in [0.29, 0.717) is 4.90 Å². The van der Waals surface area contributed by atoms with E-state index in [2.05, 4.69) is 24.4 Å². The molecule has 0 saturated heterocycles. The van der Waals surface area contributed by atoms with Gasteiger partial charge in [-0.05, 0) is 32.9 Å². The molecule has 102 valence electrons. The van der Waals surface area contributed by atoms with Crippen molar-refractivity contribution < 1.29 is 8.42 Å². The molecule has 0 aliphatic carbocycles. The molecule has 0 fully saturated rings. The third kappa shape index (κ3) is 4.22. The molecule has 0 atom stereocenters. The Morgan fingerprint density at radius 2 is 1.44 bits per heavy atom. The monoisotopic (exact) mass is 285 g/mol. The Hall–Kier alpha value is -0.653. The molecule has 0 bridgehead atoms. The zero-order valence-corrected chi connectivity index (χ0v) is 13.9. The van der Waals surface area contributed by atoms with Gasteiger partial charge in [0.2, 0.25) is 10.0 Å². The zero-order valence-electron chi connectivity index (χ0n) is 12.0. The maximum atomic E-state index is 12.1. The third-order valence-electron chi connectivity index (χ3n) is 2.47. The molecule has 0 aliphatic rings. The van der Waals surface area contributed by atoms with Crippen LogP contribution in [0, 0.1) is 0 Å². The maximum absolute atomic E-state index is 12.1. The molecule has 0 amide bonds. The Kier molecular flexibility index (Phi) is 4.10. The Morgan fingerprint density at radius 3 is 1.78 bits per heavy atom. The molecule has 3 nitrogen and oxygen atoms in total. The molecule has 1 aromatic rings. The van der Waals surface area contributed by atoms with Crippen molar-refractivity contribution >= 4 is 23.3 Å². The van der Waals surface area contributed by atoms with Crippen LogP contribution in [-0.2, 0) is 10.0 Å². The highest BCUT2D eigenvalue weighted by molar-refractivity contribution is 7.89. The van der Waals surface area contributed by atoms with Gasteiger partial charge >= 0.3 is 0 Å². The normalized spacial score (nSPS) is 13.7. The Morgan fingerprint density at radius 1 is 1.00 bits per heavy atom. The molecule has 0 aromatic heterocycles. The van der Waals surface area contributed by atoms with E-state index in [1.165, 1.54) is 5.19 Å². The zero-order chi connectivity index (χ0) is 14.2. The van der Waals surface area contributed by atoms with E-state index in [4.69, 9.17) is 0 Å². The molecule has 0 radical (unpaired) electrons. The second-order valence-electron chi connectivity index (χ2n) is 6.63. The lowest BCUT2D eigenvalue weighted by Crippen LogP contribution is -2.41. The largest absolute Gasteiger partial charge is 0.241 e. The van der Waals surface area contributed by atoms with Crippen LogP contribution in [0.15, 0.2) is 29.2 Å². The van der Waals surface area contributed by atoms with Crippen LogP contribution in [0.4, 0.5) is 0 Å². The summed E-state index contributed by atoms with van der Waals surface area (Å²) in [6.07, 6.45) is 0. The average molecular weight is 285 g/mol. The predicted octanol–water partition coefficient (Wildman–Crippen LogP) is 2.31. The van der Waals surface area contributed by atoms with Crippen LogP contribution in [0.3, 0.4) is 0 Å². The van der Waals surface area contributed by atoms with E-state index < -0.39 is 23.6 Å². The van der Waals surface area contributed by atoms with Crippen LogP contribution < -0.4 is 9.91 Å². The van der Waals surface area contributed by atoms with Crippen LogP contribution in [0.25, 0.3) is 0 Å². The summed E-state index contributed by atoms with van der Waals surface area (Å²) in [6.45, 7) is 12.2. The summed E-state index contributed by atoms with van der Waals surface area (Å²) in [6, 6.07) is 7.26. The van der Waals surface area contributed by atoms with Gasteiger partial charge < -0.3 is 0 Å². The third-order valence-corrected chi connectivity index (χ3v) is 6.31. The van der Waals surface area contributed by atoms with Gasteiger partial charge in [-0.3, -0.25) is 0 Å². The number of sulfonamides is 1. The first-order valence-corrected chi connectivity index (χ1v) is 11.0. The molecular formula is C13H23NO2SSi. The number of benzene rings is 1. The minimum absolute atomic E-state index is 0.333. The van der Waals surface area contributed by atoms with E-state index in [1.54, 1.807) is 12.1 Å². The van der Waals surface area contributed by atoms with Crippen molar-refractivity contribution in [2.45, 2.75) is 50.8 Å². The van der Waals surface area contributed by atoms with Gasteiger partial charge in [0, 0.05) is 5.54 Å². The van der Waals surface area contributed by atoms with Crippen molar-refractivity contribution in [3.8, 4) is 0 Å². The summed E-state index contributed by atoms with van der Waals surface area (Å²) < 4.78 is 26.9. The molecule has 18 heavy (non-hydrogen) atoms. The summed E-state index contributed by atoms with van der Waals surface area (Å²) in [5.74, 6) is 0. The van der Waals surface area contributed by atoms with Crippen LogP contribution >= 0.6 is 0 Å². The summed E-state index contributed by atoms with van der Waals surface area (Å²) in [5, 5.41) is 1.26. The number of rotatable bonds is 3. The molecule has 1 N–H and O–H groups in total. The predicted molar refractivity (Wildman–Crippen MR) is 79.5 cm³/mol. The van der Waals surface area contributed by atoms with Crippen molar-refractivity contribution in [1.82, 2.24) is 4.72 Å². The highest BCUT2D eigenvalue weighted by Crippen LogP contribution is 2.13. The molecule has 5 heteroatoms. The summed E-state index contributed by atoms with van der Waals surface area (Å²) in [7, 11) is -4.79. The molecule has 0 aliphatic heterocycles. The first-order chi connectivity index (χ1) is 7.92. The second kappa shape index (κ2) is 4.79. The molecule has 0 unspecified atom stereocenters. The van der Waals surface area contributed by atoms with Gasteiger partial charge in [0.05, 0.1) is 13.0 Å². The number of hydrogen-bond acceptors (Lipinski definition) is 2. The van der Waals surface area contributed by atoms with Crippen LogP contribution in [0.2, 0.25) is 19.6 Å². The first-order valence-electron chi connectivity index (χ1n) is 6.06. The standard InChI is InChI=1S/C13H23NO2SSi/c1-13(2,3)14-17(15,16)11-7-9-12(10-8-11)18(4,5)6/h7-10,14H,1-6H3. The fraction of sp³-hybridized carbons (Fsp3) is 0.538. The average Bonchev–Trinajstić information content (AvgIpc) is 2.13. The van der Waals surface area contributed by atoms with Crippen molar-refractivity contribution in [3.63, 3.8) is 0 Å². The summed E-state index contributed by atoms with van der Waals surface area (Å²) >= 11 is 0. The minimum atomic E-state index is -3.41. The molecule has 0 heterocycles. The molecule has 0 spiro atoms. The summed E-state index contributed by atoms with van der Waals surface area (Å²) in [5.41, 5.74) is -0.462. The Bertz CT molecular complexity index is 507. The maximum Gasteiger partial charge on any atom is 0.241 e. The topological polar surface area (TPSA) is 46.2 Å². The van der Waals surface area contributed by atoms with E-state index in [0.717, 1.165) is 0 Å². The SMILES string of the molecule is CC(C)(C)NS(=O)(=O)c1ccc([Si](C)(C)C)cc1. The fourth-order valence-electron chi connectivity index (χ4n) is 1.60. The van der Waals surface area contributed by atoms with Crippen LogP contribution in [0.5, 0.6) is 0 Å². The lowest BCUT2D eigenvalue weighted by atomic mass is 10.1. The van der Waals surface area contributed by atoms with Crippen molar-refractivity contribution in [1.29, 1.82) is 0 Å². The first kappa shape index (κ1) is 15.4. The number of hydrogen-bond donors (Lipinski definition) is 1. The van der Waals surface area contributed by atoms with Gasteiger partial charge in [0.25, 0.3) is 0 Å². The fourth-order valence-corrected chi connectivity index (χ4v) is 4.18. The quantitative estimate of drug-likeness (QED) is 0.866. The van der Waals surface area contributed by atoms with Gasteiger partial charge in [0.15, 0.2) is 0 Å². The van der Waals surface area contributed by atoms with Gasteiger partial charge in [0.1, 0.15) is 0 Å². The highest BCUT2D eigenvalue weighted by Gasteiger charge is 2.23. The Labute approximate surface area is 112 Å². The van der Waals surface area contributed by atoms with Crippen LogP contribution in [0.1, 0.15) is 20.8 Å². The highest BCUT2D eigenvalue weighted by atomic mass is 32.2.